The molecule has 0 radical (unpaired) electrons. The average molecular weight is 405 g/mol. The van der Waals surface area contributed by atoms with Crippen LogP contribution in [0.4, 0.5) is 11.6 Å². The summed E-state index contributed by atoms with van der Waals surface area (Å²) >= 11 is 5.05. The van der Waals surface area contributed by atoms with Crippen molar-refractivity contribution < 1.29 is 4.55 Å². The molecule has 1 N–H and O–H groups in total. The number of hydrogen-bond acceptors (Lipinski definition) is 5. The molecule has 0 spiro atoms. The minimum Gasteiger partial charge on any atom is -0.611 e. The van der Waals surface area contributed by atoms with Gasteiger partial charge in [-0.05, 0) is 68.7 Å². The molecular formula is C19H21ClN4O2S. The first-order chi connectivity index (χ1) is 12.8. The highest BCUT2D eigenvalue weighted by atomic mass is 35.5. The van der Waals surface area contributed by atoms with E-state index >= 15 is 0 Å². The van der Waals surface area contributed by atoms with Crippen molar-refractivity contribution in [1.29, 1.82) is 0 Å². The van der Waals surface area contributed by atoms with Crippen LogP contribution in [-0.4, -0.2) is 24.8 Å². The Hall–Kier alpha value is -2.09. The Morgan fingerprint density at radius 1 is 1.33 bits per heavy atom. The van der Waals surface area contributed by atoms with Gasteiger partial charge >= 0.3 is 0 Å². The van der Waals surface area contributed by atoms with Gasteiger partial charge in [0.05, 0.1) is 0 Å². The zero-order valence-corrected chi connectivity index (χ0v) is 17.2. The van der Waals surface area contributed by atoms with Crippen LogP contribution in [0.1, 0.15) is 32.4 Å². The number of aryl methyl sites for hydroxylation is 1. The van der Waals surface area contributed by atoms with Gasteiger partial charge in [-0.1, -0.05) is 11.6 Å². The zero-order valence-electron chi connectivity index (χ0n) is 15.6. The first-order valence-corrected chi connectivity index (χ1v) is 10.3. The normalized spacial score (nSPS) is 12.6. The van der Waals surface area contributed by atoms with E-state index in [1.54, 1.807) is 16.8 Å². The molecule has 0 bridgehead atoms. The maximum absolute atomic E-state index is 12.4. The van der Waals surface area contributed by atoms with E-state index in [1.165, 1.54) is 0 Å². The van der Waals surface area contributed by atoms with Crippen LogP contribution in [0.25, 0.3) is 11.0 Å². The molecule has 1 atom stereocenters. The lowest BCUT2D eigenvalue weighted by Crippen LogP contribution is -2.23. The Morgan fingerprint density at radius 2 is 2.07 bits per heavy atom. The molecule has 0 saturated carbocycles. The Labute approximate surface area is 165 Å². The van der Waals surface area contributed by atoms with E-state index < -0.39 is 11.2 Å². The van der Waals surface area contributed by atoms with Gasteiger partial charge in [-0.25, -0.2) is 4.98 Å². The maximum atomic E-state index is 12.4. The van der Waals surface area contributed by atoms with Crippen molar-refractivity contribution in [3.8, 4) is 0 Å². The van der Waals surface area contributed by atoms with Gasteiger partial charge in [0, 0.05) is 23.3 Å². The third-order valence-electron chi connectivity index (χ3n) is 4.22. The van der Waals surface area contributed by atoms with Crippen LogP contribution in [0.15, 0.2) is 40.2 Å². The molecule has 0 fully saturated rings. The van der Waals surface area contributed by atoms with E-state index in [4.69, 9.17) is 11.6 Å². The van der Waals surface area contributed by atoms with E-state index in [0.29, 0.717) is 22.7 Å². The van der Waals surface area contributed by atoms with E-state index in [-0.39, 0.29) is 16.6 Å². The highest BCUT2D eigenvalue weighted by Gasteiger charge is 2.14. The Bertz CT molecular complexity index is 1050. The van der Waals surface area contributed by atoms with Crippen LogP contribution in [0.5, 0.6) is 0 Å². The summed E-state index contributed by atoms with van der Waals surface area (Å²) in [5.41, 5.74) is 2.01. The summed E-state index contributed by atoms with van der Waals surface area (Å²) in [5.74, 6) is 0.959. The van der Waals surface area contributed by atoms with Crippen molar-refractivity contribution >= 4 is 45.4 Å². The van der Waals surface area contributed by atoms with Gasteiger partial charge in [0.15, 0.2) is 4.90 Å². The predicted octanol–water partition coefficient (Wildman–Crippen LogP) is 4.21. The van der Waals surface area contributed by atoms with Crippen molar-refractivity contribution in [2.45, 2.75) is 38.6 Å². The lowest BCUT2D eigenvalue weighted by atomic mass is 10.2. The van der Waals surface area contributed by atoms with Gasteiger partial charge in [-0.15, -0.1) is 0 Å². The summed E-state index contributed by atoms with van der Waals surface area (Å²) in [5, 5.41) is 4.03. The second kappa shape index (κ2) is 7.88. The van der Waals surface area contributed by atoms with Crippen molar-refractivity contribution in [3.63, 3.8) is 0 Å². The Balaban J connectivity index is 2.02. The lowest BCUT2D eigenvalue weighted by Gasteiger charge is -2.15. The molecule has 142 valence electrons. The third kappa shape index (κ3) is 3.95. The summed E-state index contributed by atoms with van der Waals surface area (Å²) in [4.78, 5) is 22.1. The lowest BCUT2D eigenvalue weighted by molar-refractivity contribution is 0.595. The van der Waals surface area contributed by atoms with E-state index in [9.17, 15) is 9.35 Å². The average Bonchev–Trinajstić information content (AvgIpc) is 2.63. The minimum absolute atomic E-state index is 0.0912. The number of nitrogens with one attached hydrogen (secondary N) is 1. The van der Waals surface area contributed by atoms with E-state index in [1.807, 2.05) is 45.9 Å². The van der Waals surface area contributed by atoms with Gasteiger partial charge in [0.1, 0.15) is 16.4 Å². The first kappa shape index (κ1) is 19.7. The number of anilines is 2. The van der Waals surface area contributed by atoms with Crippen molar-refractivity contribution in [1.82, 2.24) is 14.5 Å². The van der Waals surface area contributed by atoms with Crippen molar-refractivity contribution in [2.24, 2.45) is 0 Å². The quantitative estimate of drug-likeness (QED) is 0.644. The molecule has 0 saturated heterocycles. The number of fused-ring (bicyclic) bond motifs is 1. The maximum Gasteiger partial charge on any atom is 0.271 e. The summed E-state index contributed by atoms with van der Waals surface area (Å²) in [6, 6.07) is 7.09. The van der Waals surface area contributed by atoms with Crippen molar-refractivity contribution in [2.75, 3.05) is 11.1 Å². The summed E-state index contributed by atoms with van der Waals surface area (Å²) in [6.07, 6.45) is 1.64. The highest BCUT2D eigenvalue weighted by molar-refractivity contribution is 7.91. The number of nitrogens with zero attached hydrogens (tertiary/aromatic N) is 3. The van der Waals surface area contributed by atoms with Crippen LogP contribution in [0, 0.1) is 6.92 Å². The van der Waals surface area contributed by atoms with Gasteiger partial charge < -0.3 is 9.87 Å². The second-order valence-corrected chi connectivity index (χ2v) is 8.62. The largest absolute Gasteiger partial charge is 0.611 e. The van der Waals surface area contributed by atoms with Crippen LogP contribution in [0.3, 0.4) is 0 Å². The van der Waals surface area contributed by atoms with Crippen LogP contribution < -0.4 is 10.9 Å². The van der Waals surface area contributed by atoms with Gasteiger partial charge in [0.25, 0.3) is 5.56 Å². The Morgan fingerprint density at radius 3 is 2.70 bits per heavy atom. The molecule has 6 nitrogen and oxygen atoms in total. The standard InChI is InChI=1S/C19H21ClN4O2S/c1-5-27(26)14-6-7-16(12(4)8-14)22-19-21-10-13-9-15(20)18(25)24(11(2)3)17(13)23-19/h6-11H,5H2,1-4H3,(H,21,22,23). The van der Waals surface area contributed by atoms with Gasteiger partial charge in [-0.3, -0.25) is 9.36 Å². The van der Waals surface area contributed by atoms with Gasteiger partial charge in [-0.2, -0.15) is 4.98 Å². The fourth-order valence-electron chi connectivity index (χ4n) is 2.83. The molecular weight excluding hydrogens is 384 g/mol. The van der Waals surface area contributed by atoms with E-state index in [0.717, 1.165) is 16.1 Å². The second-order valence-electron chi connectivity index (χ2n) is 6.47. The molecule has 8 heteroatoms. The Kier molecular flexibility index (Phi) is 5.74. The number of hydrogen-bond donors (Lipinski definition) is 1. The molecule has 2 aromatic heterocycles. The molecule has 0 aliphatic carbocycles. The number of aromatic nitrogens is 3. The fourth-order valence-corrected chi connectivity index (χ4v) is 3.90. The molecule has 3 aromatic rings. The number of benzene rings is 1. The summed E-state index contributed by atoms with van der Waals surface area (Å²) in [7, 11) is 0. The third-order valence-corrected chi connectivity index (χ3v) is 5.79. The molecule has 1 aromatic carbocycles. The van der Waals surface area contributed by atoms with Crippen LogP contribution >= 0.6 is 11.6 Å². The summed E-state index contributed by atoms with van der Waals surface area (Å²) in [6.45, 7) is 7.64. The topological polar surface area (TPSA) is 82.9 Å². The summed E-state index contributed by atoms with van der Waals surface area (Å²) < 4.78 is 13.5. The number of halogens is 1. The smallest absolute Gasteiger partial charge is 0.271 e. The van der Waals surface area contributed by atoms with Crippen LogP contribution in [-0.2, 0) is 11.2 Å². The molecule has 1 unspecified atom stereocenters. The molecule has 0 aliphatic rings. The van der Waals surface area contributed by atoms with Gasteiger partial charge in [0.2, 0.25) is 5.95 Å². The number of rotatable bonds is 5. The minimum atomic E-state index is -0.997. The zero-order chi connectivity index (χ0) is 19.7. The molecule has 0 amide bonds. The van der Waals surface area contributed by atoms with E-state index in [2.05, 4.69) is 15.3 Å². The first-order valence-electron chi connectivity index (χ1n) is 8.65. The number of pyridine rings is 1. The molecule has 2 heterocycles. The predicted molar refractivity (Wildman–Crippen MR) is 111 cm³/mol. The highest BCUT2D eigenvalue weighted by Crippen LogP contribution is 2.24. The van der Waals surface area contributed by atoms with Crippen molar-refractivity contribution in [3.05, 3.63) is 51.4 Å². The molecule has 0 aliphatic heterocycles. The monoisotopic (exact) mass is 404 g/mol. The molecule has 27 heavy (non-hydrogen) atoms. The fraction of sp³-hybridized carbons (Fsp3) is 0.316. The van der Waals surface area contributed by atoms with Crippen LogP contribution in [0.2, 0.25) is 5.02 Å². The molecule has 3 rings (SSSR count). The SMILES string of the molecule is CC[S+]([O-])c1ccc(Nc2ncc3cc(Cl)c(=O)n(C(C)C)c3n2)c(C)c1.